The largest absolute Gasteiger partial charge is 0.496 e. The zero-order chi connectivity index (χ0) is 26.8. The monoisotopic (exact) mass is 523 g/mol. The summed E-state index contributed by atoms with van der Waals surface area (Å²) in [5.41, 5.74) is 4.59. The summed E-state index contributed by atoms with van der Waals surface area (Å²) in [6.45, 7) is 3.52. The Balaban J connectivity index is 1.60. The molecule has 37 heavy (non-hydrogen) atoms. The molecule has 0 saturated carbocycles. The lowest BCUT2D eigenvalue weighted by molar-refractivity contribution is -0.147. The third kappa shape index (κ3) is 6.14. The van der Waals surface area contributed by atoms with Gasteiger partial charge in [-0.3, -0.25) is 4.79 Å². The van der Waals surface area contributed by atoms with E-state index < -0.39 is 27.5 Å². The molecule has 1 aliphatic heterocycles. The van der Waals surface area contributed by atoms with Crippen molar-refractivity contribution in [2.24, 2.45) is 10.6 Å². The third-order valence-corrected chi connectivity index (χ3v) is 7.60. The molecule has 196 valence electrons. The summed E-state index contributed by atoms with van der Waals surface area (Å²) in [5, 5.41) is 14.6. The Bertz CT molecular complexity index is 1400. The first kappa shape index (κ1) is 26.7. The molecule has 0 radical (unpaired) electrons. The van der Waals surface area contributed by atoms with Gasteiger partial charge in [-0.2, -0.15) is 0 Å². The standard InChI is InChI=1S/C29H33NO6S/c1-29(2,28(31)32)16-5-4-7-19-10-13-21(14-11-19)27-23-17-20(18-37(30,33)34)12-15-22(23)26-24(35-3)8-6-9-25(26)36-27/h6,8-15,17,27H,4-5,7,16,18H2,1-3H3,(H,31,32)(H2,30,33,34). The van der Waals surface area contributed by atoms with Crippen LogP contribution in [0.3, 0.4) is 0 Å². The van der Waals surface area contributed by atoms with Gasteiger partial charge in [-0.1, -0.05) is 55.0 Å². The Labute approximate surface area is 218 Å². The van der Waals surface area contributed by atoms with Gasteiger partial charge in [0.1, 0.15) is 17.6 Å². The summed E-state index contributed by atoms with van der Waals surface area (Å²) >= 11 is 0. The molecule has 1 unspecified atom stereocenters. The molecular weight excluding hydrogens is 490 g/mol. The molecule has 0 saturated heterocycles. The maximum atomic E-state index is 11.8. The molecule has 0 aromatic heterocycles. The van der Waals surface area contributed by atoms with Gasteiger partial charge in [-0.15, -0.1) is 0 Å². The van der Waals surface area contributed by atoms with Crippen molar-refractivity contribution in [1.29, 1.82) is 0 Å². The number of sulfonamides is 1. The van der Waals surface area contributed by atoms with E-state index in [2.05, 4.69) is 12.1 Å². The Kier molecular flexibility index (Phi) is 7.62. The molecule has 3 N–H and O–H groups in total. The average molecular weight is 524 g/mol. The van der Waals surface area contributed by atoms with Crippen LogP contribution in [-0.4, -0.2) is 26.6 Å². The number of carboxylic acid groups (broad SMARTS) is 1. The second kappa shape index (κ2) is 10.6. The molecule has 7 nitrogen and oxygen atoms in total. The molecule has 1 aliphatic rings. The lowest BCUT2D eigenvalue weighted by atomic mass is 9.86. The number of ether oxygens (including phenoxy) is 2. The first-order chi connectivity index (χ1) is 17.5. The van der Waals surface area contributed by atoms with Gasteiger partial charge < -0.3 is 14.6 Å². The van der Waals surface area contributed by atoms with E-state index in [0.717, 1.165) is 47.1 Å². The van der Waals surface area contributed by atoms with Crippen LogP contribution in [0.1, 0.15) is 61.5 Å². The maximum absolute atomic E-state index is 11.8. The topological polar surface area (TPSA) is 116 Å². The number of primary sulfonamides is 1. The van der Waals surface area contributed by atoms with Crippen LogP contribution in [0.2, 0.25) is 0 Å². The number of aliphatic carboxylic acids is 1. The number of fused-ring (bicyclic) bond motifs is 3. The normalized spacial score (nSPS) is 14.9. The van der Waals surface area contributed by atoms with Crippen molar-refractivity contribution >= 4 is 16.0 Å². The van der Waals surface area contributed by atoms with Crippen LogP contribution in [0.5, 0.6) is 11.5 Å². The highest BCUT2D eigenvalue weighted by Crippen LogP contribution is 2.49. The maximum Gasteiger partial charge on any atom is 0.309 e. The first-order valence-electron chi connectivity index (χ1n) is 12.3. The summed E-state index contributed by atoms with van der Waals surface area (Å²) in [6.07, 6.45) is 2.81. The molecule has 0 spiro atoms. The van der Waals surface area contributed by atoms with E-state index in [1.54, 1.807) is 27.0 Å². The molecule has 1 atom stereocenters. The van der Waals surface area contributed by atoms with Crippen LogP contribution in [-0.2, 0) is 27.0 Å². The number of rotatable bonds is 10. The van der Waals surface area contributed by atoms with E-state index in [0.29, 0.717) is 23.5 Å². The number of benzene rings is 3. The minimum atomic E-state index is -3.69. The van der Waals surface area contributed by atoms with Gasteiger partial charge in [0.25, 0.3) is 0 Å². The first-order valence-corrected chi connectivity index (χ1v) is 14.0. The lowest BCUT2D eigenvalue weighted by Crippen LogP contribution is -2.23. The van der Waals surface area contributed by atoms with Gasteiger partial charge in [-0.05, 0) is 67.5 Å². The molecule has 0 aliphatic carbocycles. The summed E-state index contributed by atoms with van der Waals surface area (Å²) in [6, 6.07) is 19.4. The average Bonchev–Trinajstić information content (AvgIpc) is 2.85. The van der Waals surface area contributed by atoms with Gasteiger partial charge in [0.15, 0.2) is 0 Å². The molecule has 8 heteroatoms. The Morgan fingerprint density at radius 1 is 1.05 bits per heavy atom. The van der Waals surface area contributed by atoms with Crippen molar-refractivity contribution in [3.63, 3.8) is 0 Å². The summed E-state index contributed by atoms with van der Waals surface area (Å²) in [5.74, 6) is 0.346. The van der Waals surface area contributed by atoms with Gasteiger partial charge >= 0.3 is 5.97 Å². The van der Waals surface area contributed by atoms with Crippen molar-refractivity contribution in [1.82, 2.24) is 0 Å². The van der Waals surface area contributed by atoms with Crippen LogP contribution in [0, 0.1) is 5.41 Å². The van der Waals surface area contributed by atoms with Crippen molar-refractivity contribution in [2.45, 2.75) is 51.4 Å². The van der Waals surface area contributed by atoms with Gasteiger partial charge in [-0.25, -0.2) is 13.6 Å². The van der Waals surface area contributed by atoms with E-state index in [1.807, 2.05) is 42.5 Å². The minimum absolute atomic E-state index is 0.261. The van der Waals surface area contributed by atoms with E-state index in [-0.39, 0.29) is 5.75 Å². The molecule has 1 heterocycles. The Hall–Kier alpha value is -3.36. The summed E-state index contributed by atoms with van der Waals surface area (Å²) in [4.78, 5) is 11.3. The summed E-state index contributed by atoms with van der Waals surface area (Å²) in [7, 11) is -2.08. The van der Waals surface area contributed by atoms with Gasteiger partial charge in [0.2, 0.25) is 10.0 Å². The highest BCUT2D eigenvalue weighted by Gasteiger charge is 2.30. The van der Waals surface area contributed by atoms with E-state index in [1.165, 1.54) is 0 Å². The van der Waals surface area contributed by atoms with Crippen molar-refractivity contribution < 1.29 is 27.8 Å². The van der Waals surface area contributed by atoms with Crippen molar-refractivity contribution in [3.05, 3.63) is 82.9 Å². The number of nitrogens with two attached hydrogens (primary N) is 1. The number of hydrogen-bond donors (Lipinski definition) is 2. The van der Waals surface area contributed by atoms with E-state index >= 15 is 0 Å². The summed E-state index contributed by atoms with van der Waals surface area (Å²) < 4.78 is 35.5. The molecule has 3 aromatic carbocycles. The number of carbonyl (C=O) groups is 1. The predicted octanol–water partition coefficient (Wildman–Crippen LogP) is 5.46. The second-order valence-electron chi connectivity index (χ2n) is 10.2. The zero-order valence-corrected chi connectivity index (χ0v) is 22.2. The highest BCUT2D eigenvalue weighted by atomic mass is 32.2. The molecule has 0 bridgehead atoms. The fourth-order valence-electron chi connectivity index (χ4n) is 4.72. The number of methoxy groups -OCH3 is 1. The smallest absolute Gasteiger partial charge is 0.309 e. The van der Waals surface area contributed by atoms with Crippen LogP contribution in [0.15, 0.2) is 60.7 Å². The van der Waals surface area contributed by atoms with Gasteiger partial charge in [0, 0.05) is 5.56 Å². The number of aryl methyl sites for hydroxylation is 1. The minimum Gasteiger partial charge on any atom is -0.496 e. The van der Waals surface area contributed by atoms with Crippen LogP contribution in [0.4, 0.5) is 0 Å². The third-order valence-electron chi connectivity index (χ3n) is 6.87. The predicted molar refractivity (Wildman–Crippen MR) is 143 cm³/mol. The van der Waals surface area contributed by atoms with Crippen LogP contribution < -0.4 is 14.6 Å². The highest BCUT2D eigenvalue weighted by molar-refractivity contribution is 7.88. The van der Waals surface area contributed by atoms with E-state index in [4.69, 9.17) is 14.6 Å². The fraction of sp³-hybridized carbons (Fsp3) is 0.345. The molecule has 4 rings (SSSR count). The van der Waals surface area contributed by atoms with Gasteiger partial charge in [0.05, 0.1) is 23.8 Å². The lowest BCUT2D eigenvalue weighted by Gasteiger charge is -2.30. The number of unbranched alkanes of at least 4 members (excludes halogenated alkanes) is 1. The SMILES string of the molecule is COc1cccc2c1-c1ccc(CS(N)(=O)=O)cc1C(c1ccc(CCCCC(C)(C)C(=O)O)cc1)O2. The molecule has 3 aromatic rings. The molecule has 0 fully saturated rings. The molecule has 0 amide bonds. The van der Waals surface area contributed by atoms with Crippen LogP contribution in [0.25, 0.3) is 11.1 Å². The Morgan fingerprint density at radius 2 is 1.76 bits per heavy atom. The molecular formula is C29H33NO6S. The quantitative estimate of drug-likeness (QED) is 0.341. The zero-order valence-electron chi connectivity index (χ0n) is 21.4. The van der Waals surface area contributed by atoms with Crippen molar-refractivity contribution in [3.8, 4) is 22.6 Å². The Morgan fingerprint density at radius 3 is 2.41 bits per heavy atom. The number of hydrogen-bond acceptors (Lipinski definition) is 5. The van der Waals surface area contributed by atoms with E-state index in [9.17, 15) is 18.3 Å². The van der Waals surface area contributed by atoms with Crippen molar-refractivity contribution in [2.75, 3.05) is 7.11 Å². The second-order valence-corrected chi connectivity index (χ2v) is 11.8. The number of carboxylic acids is 1. The fourth-order valence-corrected chi connectivity index (χ4v) is 5.37. The van der Waals surface area contributed by atoms with Crippen LogP contribution >= 0.6 is 0 Å².